The first-order chi connectivity index (χ1) is 9.35. The van der Waals surface area contributed by atoms with Crippen LogP contribution in [-0.4, -0.2) is 23.3 Å². The molecule has 0 amide bonds. The predicted octanol–water partition coefficient (Wildman–Crippen LogP) is 4.17. The molecule has 1 aliphatic rings. The number of carbonyl (C=O) groups is 1. The monoisotopic (exact) mass is 286 g/mol. The fourth-order valence-corrected chi connectivity index (χ4v) is 2.42. The van der Waals surface area contributed by atoms with E-state index in [-0.39, 0.29) is 12.1 Å². The molecule has 2 unspecified atom stereocenters. The van der Waals surface area contributed by atoms with Gasteiger partial charge in [-0.05, 0) is 40.0 Å². The van der Waals surface area contributed by atoms with Crippen molar-refractivity contribution in [2.24, 2.45) is 0 Å². The number of unbranched alkanes of at least 4 members (excludes halogenated alkanes) is 3. The van der Waals surface area contributed by atoms with Gasteiger partial charge < -0.3 is 4.74 Å². The molecule has 1 aliphatic heterocycles. The number of ether oxygens (including phenoxy) is 1. The second-order valence-electron chi connectivity index (χ2n) is 6.66. The van der Waals surface area contributed by atoms with E-state index in [2.05, 4.69) is 13.8 Å². The molecule has 0 bridgehead atoms. The van der Waals surface area contributed by atoms with Crippen molar-refractivity contribution in [1.29, 1.82) is 0 Å². The molecule has 118 valence electrons. The van der Waals surface area contributed by atoms with Crippen LogP contribution in [-0.2, 0) is 19.3 Å². The highest BCUT2D eigenvalue weighted by molar-refractivity contribution is 5.81. The van der Waals surface area contributed by atoms with Crippen LogP contribution in [0.2, 0.25) is 0 Å². The third-order valence-electron chi connectivity index (χ3n) is 3.53. The van der Waals surface area contributed by atoms with E-state index in [0.29, 0.717) is 6.42 Å². The number of hydrogen-bond donors (Lipinski definition) is 0. The molecular weight excluding hydrogens is 256 g/mol. The van der Waals surface area contributed by atoms with Crippen LogP contribution in [0.3, 0.4) is 0 Å². The van der Waals surface area contributed by atoms with Crippen LogP contribution in [0.1, 0.15) is 79.6 Å². The Morgan fingerprint density at radius 3 is 2.30 bits per heavy atom. The smallest absolute Gasteiger partial charge is 0.345 e. The third-order valence-corrected chi connectivity index (χ3v) is 3.53. The number of esters is 1. The van der Waals surface area contributed by atoms with E-state index >= 15 is 0 Å². The molecular formula is C16H30O4. The molecule has 1 rings (SSSR count). The molecule has 0 spiro atoms. The minimum absolute atomic E-state index is 0.163. The maximum atomic E-state index is 12.5. The number of rotatable bonds is 8. The van der Waals surface area contributed by atoms with Crippen molar-refractivity contribution in [3.05, 3.63) is 0 Å². The van der Waals surface area contributed by atoms with Crippen LogP contribution in [0.15, 0.2) is 0 Å². The van der Waals surface area contributed by atoms with Crippen LogP contribution >= 0.6 is 0 Å². The van der Waals surface area contributed by atoms with Gasteiger partial charge in [0.1, 0.15) is 11.7 Å². The number of carbonyl (C=O) groups excluding carboxylic acids is 1. The van der Waals surface area contributed by atoms with Gasteiger partial charge in [0.2, 0.25) is 5.60 Å². The summed E-state index contributed by atoms with van der Waals surface area (Å²) in [5, 5.41) is 0. The Morgan fingerprint density at radius 1 is 1.15 bits per heavy atom. The van der Waals surface area contributed by atoms with Crippen LogP contribution in [0.5, 0.6) is 0 Å². The Kier molecular flexibility index (Phi) is 6.46. The lowest BCUT2D eigenvalue weighted by molar-refractivity contribution is -0.500. The van der Waals surface area contributed by atoms with E-state index in [0.717, 1.165) is 25.7 Å². The average molecular weight is 286 g/mol. The summed E-state index contributed by atoms with van der Waals surface area (Å²) in [5.74, 6) is -0.272. The van der Waals surface area contributed by atoms with Gasteiger partial charge in [-0.2, -0.15) is 0 Å². The molecule has 0 aromatic heterocycles. The summed E-state index contributed by atoms with van der Waals surface area (Å²) in [6.07, 6.45) is 6.76. The predicted molar refractivity (Wildman–Crippen MR) is 78.2 cm³/mol. The highest BCUT2D eigenvalue weighted by atomic mass is 17.3. The van der Waals surface area contributed by atoms with Gasteiger partial charge in [0.15, 0.2) is 0 Å². The van der Waals surface area contributed by atoms with Crippen molar-refractivity contribution >= 4 is 5.97 Å². The zero-order chi connectivity index (χ0) is 15.2. The van der Waals surface area contributed by atoms with Crippen molar-refractivity contribution in [2.45, 2.75) is 96.9 Å². The first kappa shape index (κ1) is 17.4. The van der Waals surface area contributed by atoms with Crippen LogP contribution in [0.25, 0.3) is 0 Å². The van der Waals surface area contributed by atoms with Crippen molar-refractivity contribution in [2.75, 3.05) is 0 Å². The summed E-state index contributed by atoms with van der Waals surface area (Å²) in [6, 6.07) is 0. The molecule has 1 heterocycles. The highest BCUT2D eigenvalue weighted by Crippen LogP contribution is 2.40. The SMILES string of the molecule is CCCCCCC1(C(=O)OC(C)(C)C)OOC1CCC. The summed E-state index contributed by atoms with van der Waals surface area (Å²) >= 11 is 0. The fourth-order valence-electron chi connectivity index (χ4n) is 2.42. The van der Waals surface area contributed by atoms with E-state index in [1.807, 2.05) is 20.8 Å². The van der Waals surface area contributed by atoms with E-state index in [1.165, 1.54) is 12.8 Å². The molecule has 0 saturated carbocycles. The van der Waals surface area contributed by atoms with E-state index in [4.69, 9.17) is 14.5 Å². The van der Waals surface area contributed by atoms with E-state index < -0.39 is 11.2 Å². The molecule has 20 heavy (non-hydrogen) atoms. The zero-order valence-electron chi connectivity index (χ0n) is 13.7. The molecule has 4 nitrogen and oxygen atoms in total. The second kappa shape index (κ2) is 7.41. The second-order valence-corrected chi connectivity index (χ2v) is 6.66. The van der Waals surface area contributed by atoms with Crippen molar-refractivity contribution < 1.29 is 19.3 Å². The lowest BCUT2D eigenvalue weighted by Crippen LogP contribution is -2.63. The summed E-state index contributed by atoms with van der Waals surface area (Å²) in [6.45, 7) is 9.89. The largest absolute Gasteiger partial charge is 0.458 e. The molecule has 2 atom stereocenters. The van der Waals surface area contributed by atoms with Crippen molar-refractivity contribution in [1.82, 2.24) is 0 Å². The van der Waals surface area contributed by atoms with Gasteiger partial charge in [0.05, 0.1) is 0 Å². The van der Waals surface area contributed by atoms with Gasteiger partial charge in [-0.1, -0.05) is 39.5 Å². The van der Waals surface area contributed by atoms with E-state index in [1.54, 1.807) is 0 Å². The maximum absolute atomic E-state index is 12.5. The lowest BCUT2D eigenvalue weighted by atomic mass is 9.86. The Labute approximate surface area is 123 Å². The quantitative estimate of drug-likeness (QED) is 0.382. The first-order valence-corrected chi connectivity index (χ1v) is 7.93. The van der Waals surface area contributed by atoms with Crippen LogP contribution in [0, 0.1) is 0 Å². The summed E-state index contributed by atoms with van der Waals surface area (Å²) in [4.78, 5) is 23.0. The van der Waals surface area contributed by atoms with Crippen molar-refractivity contribution in [3.8, 4) is 0 Å². The van der Waals surface area contributed by atoms with Crippen molar-refractivity contribution in [3.63, 3.8) is 0 Å². The highest BCUT2D eigenvalue weighted by Gasteiger charge is 2.58. The topological polar surface area (TPSA) is 44.8 Å². The summed E-state index contributed by atoms with van der Waals surface area (Å²) in [7, 11) is 0. The van der Waals surface area contributed by atoms with Gasteiger partial charge >= 0.3 is 5.97 Å². The standard InChI is InChI=1S/C16H30O4/c1-6-8-9-10-12-16(13(11-7-2)19-20-16)14(17)18-15(3,4)5/h13H,6-12H2,1-5H3. The minimum atomic E-state index is -0.878. The average Bonchev–Trinajstić information content (AvgIpc) is 2.32. The Morgan fingerprint density at radius 2 is 1.85 bits per heavy atom. The van der Waals surface area contributed by atoms with E-state index in [9.17, 15) is 4.79 Å². The molecule has 0 aliphatic carbocycles. The van der Waals surface area contributed by atoms with Gasteiger partial charge in [-0.25, -0.2) is 14.6 Å². The molecule has 0 N–H and O–H groups in total. The maximum Gasteiger partial charge on any atom is 0.345 e. The Hall–Kier alpha value is -0.610. The molecule has 4 heteroatoms. The third kappa shape index (κ3) is 4.45. The van der Waals surface area contributed by atoms with Gasteiger partial charge in [-0.3, -0.25) is 0 Å². The summed E-state index contributed by atoms with van der Waals surface area (Å²) < 4.78 is 5.53. The Bertz CT molecular complexity index is 308. The van der Waals surface area contributed by atoms with Gasteiger partial charge in [0.25, 0.3) is 0 Å². The molecule has 0 radical (unpaired) electrons. The van der Waals surface area contributed by atoms with Gasteiger partial charge in [-0.15, -0.1) is 0 Å². The molecule has 1 fully saturated rings. The Balaban J connectivity index is 2.67. The first-order valence-electron chi connectivity index (χ1n) is 7.93. The minimum Gasteiger partial charge on any atom is -0.458 e. The zero-order valence-corrected chi connectivity index (χ0v) is 13.7. The number of hydrogen-bond acceptors (Lipinski definition) is 4. The normalized spacial score (nSPS) is 26.1. The summed E-state index contributed by atoms with van der Waals surface area (Å²) in [5.41, 5.74) is -1.37. The molecule has 0 aromatic rings. The lowest BCUT2D eigenvalue weighted by Gasteiger charge is -2.45. The van der Waals surface area contributed by atoms with Crippen LogP contribution in [0.4, 0.5) is 0 Å². The van der Waals surface area contributed by atoms with Gasteiger partial charge in [0, 0.05) is 0 Å². The molecule has 1 saturated heterocycles. The molecule has 0 aromatic carbocycles. The fraction of sp³-hybridized carbons (Fsp3) is 0.938. The van der Waals surface area contributed by atoms with Crippen LogP contribution < -0.4 is 0 Å².